The molecule has 1 aromatic heterocycles. The maximum atomic E-state index is 12.8. The number of nitrogens with zero attached hydrogens (tertiary/aromatic N) is 4. The number of amides is 1. The minimum Gasteiger partial charge on any atom is -0.387 e. The van der Waals surface area contributed by atoms with Crippen molar-refractivity contribution in [3.05, 3.63) is 30.0 Å². The van der Waals surface area contributed by atoms with Crippen molar-refractivity contribution in [3.63, 3.8) is 0 Å². The third-order valence-corrected chi connectivity index (χ3v) is 6.25. The third kappa shape index (κ3) is 5.02. The maximum absolute atomic E-state index is 12.8. The number of anilines is 1. The van der Waals surface area contributed by atoms with Crippen LogP contribution in [-0.2, 0) is 4.74 Å². The molecule has 2 aliphatic rings. The fourth-order valence-corrected chi connectivity index (χ4v) is 4.68. The molecule has 0 radical (unpaired) electrons. The molecule has 2 fully saturated rings. The lowest BCUT2D eigenvalue weighted by molar-refractivity contribution is 0.0533. The summed E-state index contributed by atoms with van der Waals surface area (Å²) in [6.07, 6.45) is 7.33. The zero-order valence-corrected chi connectivity index (χ0v) is 18.4. The molecule has 8 nitrogen and oxygen atoms in total. The average molecular weight is 425 g/mol. The predicted octanol–water partition coefficient (Wildman–Crippen LogP) is 2.66. The van der Waals surface area contributed by atoms with Crippen LogP contribution in [0.2, 0.25) is 0 Å². The van der Waals surface area contributed by atoms with Crippen LogP contribution in [0.5, 0.6) is 0 Å². The normalized spacial score (nSPS) is 23.3. The van der Waals surface area contributed by atoms with E-state index in [1.807, 2.05) is 24.3 Å². The number of aromatic nitrogens is 2. The van der Waals surface area contributed by atoms with Gasteiger partial charge >= 0.3 is 5.91 Å². The van der Waals surface area contributed by atoms with Gasteiger partial charge in [0.15, 0.2) is 11.5 Å². The monoisotopic (exact) mass is 424 g/mol. The van der Waals surface area contributed by atoms with Gasteiger partial charge in [-0.25, -0.2) is 9.97 Å². The van der Waals surface area contributed by atoms with E-state index in [1.165, 1.54) is 32.1 Å². The number of carbonyl (C=O) groups excluding carboxylic acids is 1. The van der Waals surface area contributed by atoms with Crippen LogP contribution in [0.15, 0.2) is 29.3 Å². The van der Waals surface area contributed by atoms with Gasteiger partial charge in [-0.2, -0.15) is 4.99 Å². The van der Waals surface area contributed by atoms with Crippen molar-refractivity contribution >= 4 is 28.6 Å². The van der Waals surface area contributed by atoms with Crippen molar-refractivity contribution in [2.24, 2.45) is 10.7 Å². The highest BCUT2D eigenvalue weighted by Crippen LogP contribution is 2.27. The number of ether oxygens (including phenoxy) is 1. The molecular weight excluding hydrogens is 392 g/mol. The largest absolute Gasteiger partial charge is 0.387 e. The van der Waals surface area contributed by atoms with Crippen LogP contribution in [-0.4, -0.2) is 60.1 Å². The number of nitrogens with one attached hydrogen (secondary N) is 1. The Balaban J connectivity index is 1.60. The van der Waals surface area contributed by atoms with Crippen LogP contribution in [0.4, 0.5) is 5.82 Å². The standard InChI is InChI=1S/C23H32N6O2/c1-15(24)25-23(30)21-22(28-18-11-7-6-10-17(18)27-21)29-13-12-19(20(14-29)31-2)26-16-8-4-3-5-9-16/h6-7,10-11,16,19-20,26H,3-5,8-9,12-14H2,1-2H3,(H2,24,25,30)/t19-,20+/m1/s1. The van der Waals surface area contributed by atoms with Gasteiger partial charge in [0.2, 0.25) is 0 Å². The molecule has 0 bridgehead atoms. The number of hydrogen-bond donors (Lipinski definition) is 2. The molecular formula is C23H32N6O2. The topological polar surface area (TPSA) is 106 Å². The number of para-hydroxylation sites is 2. The summed E-state index contributed by atoms with van der Waals surface area (Å²) in [5.41, 5.74) is 7.31. The van der Waals surface area contributed by atoms with Gasteiger partial charge in [-0.05, 0) is 38.3 Å². The van der Waals surface area contributed by atoms with Crippen LogP contribution in [0.25, 0.3) is 11.0 Å². The van der Waals surface area contributed by atoms with E-state index in [4.69, 9.17) is 15.5 Å². The number of amidine groups is 1. The van der Waals surface area contributed by atoms with Crippen LogP contribution in [0.3, 0.4) is 0 Å². The second-order valence-corrected chi connectivity index (χ2v) is 8.56. The van der Waals surface area contributed by atoms with E-state index >= 15 is 0 Å². The summed E-state index contributed by atoms with van der Waals surface area (Å²) in [7, 11) is 1.75. The quantitative estimate of drug-likeness (QED) is 0.561. The molecule has 1 aromatic carbocycles. The minimum atomic E-state index is -0.468. The van der Waals surface area contributed by atoms with Crippen LogP contribution in [0.1, 0.15) is 55.9 Å². The number of piperidine rings is 1. The van der Waals surface area contributed by atoms with Crippen LogP contribution in [0, 0.1) is 0 Å². The van der Waals surface area contributed by atoms with Gasteiger partial charge in [0.1, 0.15) is 5.84 Å². The molecule has 0 spiro atoms. The molecule has 1 aliphatic carbocycles. The van der Waals surface area contributed by atoms with E-state index in [0.717, 1.165) is 18.5 Å². The van der Waals surface area contributed by atoms with Crippen LogP contribution >= 0.6 is 0 Å². The van der Waals surface area contributed by atoms with Crippen molar-refractivity contribution in [1.29, 1.82) is 0 Å². The Hall–Kier alpha value is -2.58. The highest BCUT2D eigenvalue weighted by atomic mass is 16.5. The first-order valence-electron chi connectivity index (χ1n) is 11.2. The second-order valence-electron chi connectivity index (χ2n) is 8.56. The molecule has 8 heteroatoms. The summed E-state index contributed by atoms with van der Waals surface area (Å²) in [5.74, 6) is 0.285. The molecule has 3 N–H and O–H groups in total. The molecule has 31 heavy (non-hydrogen) atoms. The number of rotatable bonds is 5. The fraction of sp³-hybridized carbons (Fsp3) is 0.565. The molecule has 1 amide bonds. The lowest BCUT2D eigenvalue weighted by atomic mass is 9.92. The van der Waals surface area contributed by atoms with Crippen molar-refractivity contribution in [2.45, 2.75) is 63.6 Å². The van der Waals surface area contributed by atoms with Crippen molar-refractivity contribution in [3.8, 4) is 0 Å². The summed E-state index contributed by atoms with van der Waals surface area (Å²) in [6, 6.07) is 8.42. The lowest BCUT2D eigenvalue weighted by Gasteiger charge is -2.41. The molecule has 2 aromatic rings. The number of aliphatic imine (C=N–C) groups is 1. The molecule has 166 valence electrons. The van der Waals surface area contributed by atoms with Gasteiger partial charge in [-0.15, -0.1) is 0 Å². The third-order valence-electron chi connectivity index (χ3n) is 6.25. The number of benzene rings is 1. The molecule has 2 atom stereocenters. The Morgan fingerprint density at radius 3 is 2.55 bits per heavy atom. The minimum absolute atomic E-state index is 0.00615. The van der Waals surface area contributed by atoms with Gasteiger partial charge in [-0.3, -0.25) is 4.79 Å². The Labute approximate surface area is 183 Å². The first kappa shape index (κ1) is 21.6. The summed E-state index contributed by atoms with van der Waals surface area (Å²) < 4.78 is 5.86. The van der Waals surface area contributed by atoms with E-state index in [-0.39, 0.29) is 17.6 Å². The highest BCUT2D eigenvalue weighted by molar-refractivity contribution is 6.05. The molecule has 0 unspecified atom stereocenters. The van der Waals surface area contributed by atoms with E-state index in [2.05, 4.69) is 20.2 Å². The van der Waals surface area contributed by atoms with Crippen molar-refractivity contribution in [1.82, 2.24) is 15.3 Å². The van der Waals surface area contributed by atoms with Gasteiger partial charge < -0.3 is 20.7 Å². The zero-order valence-electron chi connectivity index (χ0n) is 18.4. The molecule has 1 aliphatic heterocycles. The number of carbonyl (C=O) groups is 1. The first-order valence-corrected chi connectivity index (χ1v) is 11.2. The maximum Gasteiger partial charge on any atom is 0.301 e. The van der Waals surface area contributed by atoms with Gasteiger partial charge in [-0.1, -0.05) is 31.4 Å². The first-order chi connectivity index (χ1) is 15.0. The Kier molecular flexibility index (Phi) is 6.77. The summed E-state index contributed by atoms with van der Waals surface area (Å²) in [6.45, 7) is 3.00. The SMILES string of the molecule is CO[C@H]1CN(c2nc3ccccc3nc2C(=O)N=C(C)N)CC[C@H]1NC1CCCCC1. The Bertz CT molecular complexity index is 952. The van der Waals surface area contributed by atoms with E-state index < -0.39 is 5.91 Å². The second kappa shape index (κ2) is 9.70. The number of nitrogens with two attached hydrogens (primary N) is 1. The predicted molar refractivity (Wildman–Crippen MR) is 123 cm³/mol. The van der Waals surface area contributed by atoms with Crippen LogP contribution < -0.4 is 16.0 Å². The molecule has 1 saturated carbocycles. The van der Waals surface area contributed by atoms with E-state index in [1.54, 1.807) is 14.0 Å². The summed E-state index contributed by atoms with van der Waals surface area (Å²) in [5, 5.41) is 3.83. The zero-order chi connectivity index (χ0) is 21.8. The molecule has 4 rings (SSSR count). The van der Waals surface area contributed by atoms with Crippen molar-refractivity contribution < 1.29 is 9.53 Å². The van der Waals surface area contributed by atoms with E-state index in [9.17, 15) is 4.79 Å². The molecule has 1 saturated heterocycles. The lowest BCUT2D eigenvalue weighted by Crippen LogP contribution is -2.56. The Morgan fingerprint density at radius 2 is 1.87 bits per heavy atom. The smallest absolute Gasteiger partial charge is 0.301 e. The Morgan fingerprint density at radius 1 is 1.16 bits per heavy atom. The average Bonchev–Trinajstić information content (AvgIpc) is 2.78. The molecule has 2 heterocycles. The summed E-state index contributed by atoms with van der Waals surface area (Å²) in [4.78, 5) is 28.2. The number of hydrogen-bond acceptors (Lipinski definition) is 6. The van der Waals surface area contributed by atoms with Gasteiger partial charge in [0.05, 0.1) is 17.1 Å². The fourth-order valence-electron chi connectivity index (χ4n) is 4.68. The van der Waals surface area contributed by atoms with Gasteiger partial charge in [0.25, 0.3) is 0 Å². The highest BCUT2D eigenvalue weighted by Gasteiger charge is 2.33. The van der Waals surface area contributed by atoms with Gasteiger partial charge in [0, 0.05) is 32.3 Å². The van der Waals surface area contributed by atoms with Crippen molar-refractivity contribution in [2.75, 3.05) is 25.1 Å². The number of methoxy groups -OCH3 is 1. The van der Waals surface area contributed by atoms with E-state index in [0.29, 0.717) is 30.0 Å². The summed E-state index contributed by atoms with van der Waals surface area (Å²) >= 11 is 0. The number of fused-ring (bicyclic) bond motifs is 1.